The molecular formula is C14H19N3S. The van der Waals surface area contributed by atoms with Crippen LogP contribution in [0.2, 0.25) is 0 Å². The third-order valence-electron chi connectivity index (χ3n) is 3.46. The molecule has 3 nitrogen and oxygen atoms in total. The second-order valence-corrected chi connectivity index (χ2v) is 5.92. The summed E-state index contributed by atoms with van der Waals surface area (Å²) in [7, 11) is 0. The molecule has 18 heavy (non-hydrogen) atoms. The van der Waals surface area contributed by atoms with Crippen molar-refractivity contribution in [2.45, 2.75) is 31.8 Å². The van der Waals surface area contributed by atoms with Crippen molar-refractivity contribution in [2.24, 2.45) is 5.92 Å². The first-order valence-corrected chi connectivity index (χ1v) is 7.54. The van der Waals surface area contributed by atoms with Crippen molar-refractivity contribution in [1.82, 2.24) is 14.9 Å². The molecule has 0 bridgehead atoms. The van der Waals surface area contributed by atoms with Crippen LogP contribution in [-0.2, 0) is 6.54 Å². The van der Waals surface area contributed by atoms with Crippen LogP contribution in [-0.4, -0.2) is 16.1 Å². The van der Waals surface area contributed by atoms with Crippen molar-refractivity contribution in [3.05, 3.63) is 41.1 Å². The number of thiophene rings is 1. The lowest BCUT2D eigenvalue weighted by Gasteiger charge is -2.16. The van der Waals surface area contributed by atoms with Crippen LogP contribution in [0.3, 0.4) is 0 Å². The van der Waals surface area contributed by atoms with Gasteiger partial charge in [0.25, 0.3) is 0 Å². The Bertz CT molecular complexity index is 445. The molecule has 0 radical (unpaired) electrons. The van der Waals surface area contributed by atoms with E-state index in [4.69, 9.17) is 0 Å². The highest BCUT2D eigenvalue weighted by Crippen LogP contribution is 2.42. The first kappa shape index (κ1) is 11.9. The lowest BCUT2D eigenvalue weighted by molar-refractivity contribution is 0.467. The lowest BCUT2D eigenvalue weighted by atomic mass is 10.1. The second-order valence-electron chi connectivity index (χ2n) is 4.94. The summed E-state index contributed by atoms with van der Waals surface area (Å²) < 4.78 is 2.14. The normalized spacial score (nSPS) is 16.9. The number of imidazole rings is 1. The fraction of sp³-hybridized carbons (Fsp3) is 0.500. The van der Waals surface area contributed by atoms with E-state index in [1.807, 2.05) is 30.1 Å². The molecule has 2 heterocycles. The summed E-state index contributed by atoms with van der Waals surface area (Å²) in [5.74, 6) is 0.872. The van der Waals surface area contributed by atoms with Crippen molar-refractivity contribution in [1.29, 1.82) is 0 Å². The molecule has 0 amide bonds. The quantitative estimate of drug-likeness (QED) is 0.776. The third-order valence-corrected chi connectivity index (χ3v) is 4.42. The van der Waals surface area contributed by atoms with Crippen LogP contribution in [0.5, 0.6) is 0 Å². The molecule has 0 spiro atoms. The number of rotatable bonds is 7. The van der Waals surface area contributed by atoms with E-state index in [9.17, 15) is 0 Å². The van der Waals surface area contributed by atoms with Crippen molar-refractivity contribution in [2.75, 3.05) is 6.54 Å². The third kappa shape index (κ3) is 3.00. The fourth-order valence-electron chi connectivity index (χ4n) is 2.34. The molecule has 1 fully saturated rings. The van der Waals surface area contributed by atoms with Crippen LogP contribution in [0.25, 0.3) is 0 Å². The molecular weight excluding hydrogens is 242 g/mol. The summed E-state index contributed by atoms with van der Waals surface area (Å²) >= 11 is 1.88. The molecule has 0 aliphatic heterocycles. The Hall–Kier alpha value is -1.13. The van der Waals surface area contributed by atoms with Crippen LogP contribution in [0.1, 0.15) is 30.2 Å². The van der Waals surface area contributed by atoms with Gasteiger partial charge in [-0.2, -0.15) is 0 Å². The van der Waals surface area contributed by atoms with E-state index in [1.165, 1.54) is 17.7 Å². The average Bonchev–Trinajstić information content (AvgIpc) is 2.89. The summed E-state index contributed by atoms with van der Waals surface area (Å²) in [4.78, 5) is 5.56. The molecule has 4 heteroatoms. The van der Waals surface area contributed by atoms with Gasteiger partial charge in [0.2, 0.25) is 0 Å². The van der Waals surface area contributed by atoms with Gasteiger partial charge in [0, 0.05) is 29.9 Å². The van der Waals surface area contributed by atoms with Gasteiger partial charge in [-0.25, -0.2) is 4.98 Å². The maximum Gasteiger partial charge on any atom is 0.0945 e. The van der Waals surface area contributed by atoms with Crippen molar-refractivity contribution < 1.29 is 0 Å². The van der Waals surface area contributed by atoms with E-state index in [-0.39, 0.29) is 0 Å². The SMILES string of the molecule is c1csc(C(NCCCn2ccnc2)C2CC2)c1. The van der Waals surface area contributed by atoms with Crippen LogP contribution in [0.15, 0.2) is 36.2 Å². The topological polar surface area (TPSA) is 29.9 Å². The second kappa shape index (κ2) is 5.67. The smallest absolute Gasteiger partial charge is 0.0945 e. The van der Waals surface area contributed by atoms with Gasteiger partial charge in [-0.1, -0.05) is 6.07 Å². The molecule has 2 aromatic rings. The summed E-state index contributed by atoms with van der Waals surface area (Å²) in [6, 6.07) is 5.01. The largest absolute Gasteiger partial charge is 0.337 e. The molecule has 3 rings (SSSR count). The van der Waals surface area contributed by atoms with Gasteiger partial charge in [0.15, 0.2) is 0 Å². The van der Waals surface area contributed by atoms with Crippen LogP contribution in [0.4, 0.5) is 0 Å². The van der Waals surface area contributed by atoms with E-state index in [0.29, 0.717) is 6.04 Å². The van der Waals surface area contributed by atoms with Crippen molar-refractivity contribution in [3.63, 3.8) is 0 Å². The number of aromatic nitrogens is 2. The molecule has 1 N–H and O–H groups in total. The molecule has 1 saturated carbocycles. The highest BCUT2D eigenvalue weighted by atomic mass is 32.1. The van der Waals surface area contributed by atoms with Gasteiger partial charge in [-0.15, -0.1) is 11.3 Å². The Morgan fingerprint density at radius 3 is 3.11 bits per heavy atom. The Kier molecular flexibility index (Phi) is 3.76. The minimum absolute atomic E-state index is 0.591. The van der Waals surface area contributed by atoms with Crippen LogP contribution < -0.4 is 5.32 Å². The summed E-state index contributed by atoms with van der Waals surface area (Å²) in [5.41, 5.74) is 0. The maximum absolute atomic E-state index is 4.06. The zero-order valence-corrected chi connectivity index (χ0v) is 11.3. The molecule has 1 aliphatic rings. The van der Waals surface area contributed by atoms with Gasteiger partial charge in [0.05, 0.1) is 6.33 Å². The zero-order chi connectivity index (χ0) is 12.2. The summed E-state index contributed by atoms with van der Waals surface area (Å²) in [6.07, 6.45) is 9.68. The number of aryl methyl sites for hydroxylation is 1. The van der Waals surface area contributed by atoms with Crippen LogP contribution >= 0.6 is 11.3 Å². The monoisotopic (exact) mass is 261 g/mol. The Morgan fingerprint density at radius 1 is 1.50 bits per heavy atom. The summed E-state index contributed by atoms with van der Waals surface area (Å²) in [6.45, 7) is 2.13. The molecule has 0 aromatic carbocycles. The Morgan fingerprint density at radius 2 is 2.44 bits per heavy atom. The predicted octanol–water partition coefficient (Wildman–Crippen LogP) is 3.08. The van der Waals surface area contributed by atoms with Gasteiger partial charge in [-0.3, -0.25) is 0 Å². The average molecular weight is 261 g/mol. The molecule has 96 valence electrons. The number of nitrogens with one attached hydrogen (secondary N) is 1. The molecule has 0 saturated heterocycles. The van der Waals surface area contributed by atoms with E-state index < -0.39 is 0 Å². The number of nitrogens with zero attached hydrogens (tertiary/aromatic N) is 2. The molecule has 2 aromatic heterocycles. The highest BCUT2D eigenvalue weighted by molar-refractivity contribution is 7.10. The van der Waals surface area contributed by atoms with Gasteiger partial charge in [0.1, 0.15) is 0 Å². The minimum Gasteiger partial charge on any atom is -0.337 e. The number of hydrogen-bond acceptors (Lipinski definition) is 3. The molecule has 1 unspecified atom stereocenters. The van der Waals surface area contributed by atoms with Crippen molar-refractivity contribution >= 4 is 11.3 Å². The van der Waals surface area contributed by atoms with Crippen molar-refractivity contribution in [3.8, 4) is 0 Å². The van der Waals surface area contributed by atoms with E-state index >= 15 is 0 Å². The Balaban J connectivity index is 1.46. The fourth-order valence-corrected chi connectivity index (χ4v) is 3.23. The first-order valence-electron chi connectivity index (χ1n) is 6.66. The van der Waals surface area contributed by atoms with Gasteiger partial charge in [-0.05, 0) is 43.2 Å². The van der Waals surface area contributed by atoms with Gasteiger partial charge < -0.3 is 9.88 Å². The predicted molar refractivity (Wildman–Crippen MR) is 74.6 cm³/mol. The number of hydrogen-bond donors (Lipinski definition) is 1. The van der Waals surface area contributed by atoms with E-state index in [0.717, 1.165) is 25.4 Å². The van der Waals surface area contributed by atoms with E-state index in [2.05, 4.69) is 32.4 Å². The van der Waals surface area contributed by atoms with Crippen LogP contribution in [0, 0.1) is 5.92 Å². The van der Waals surface area contributed by atoms with E-state index in [1.54, 1.807) is 0 Å². The first-order chi connectivity index (χ1) is 8.93. The van der Waals surface area contributed by atoms with Gasteiger partial charge >= 0.3 is 0 Å². The summed E-state index contributed by atoms with van der Waals surface area (Å²) in [5, 5.41) is 5.90. The lowest BCUT2D eigenvalue weighted by Crippen LogP contribution is -2.24. The minimum atomic E-state index is 0.591. The zero-order valence-electron chi connectivity index (χ0n) is 10.5. The standard InChI is InChI=1S/C14H19N3S/c1-3-13(18-10-1)14(12-4-5-12)16-6-2-8-17-9-7-15-11-17/h1,3,7,9-12,14,16H,2,4-6,8H2. The maximum atomic E-state index is 4.06. The molecule has 1 aliphatic carbocycles. The highest BCUT2D eigenvalue weighted by Gasteiger charge is 2.32. The Labute approximate surface area is 112 Å². The molecule has 1 atom stereocenters.